The molecule has 178 valence electrons. The van der Waals surface area contributed by atoms with E-state index in [1.165, 1.54) is 7.11 Å². The molecule has 2 aromatic heterocycles. The van der Waals surface area contributed by atoms with Crippen molar-refractivity contribution >= 4 is 17.0 Å². The second-order valence-electron chi connectivity index (χ2n) is 9.43. The summed E-state index contributed by atoms with van der Waals surface area (Å²) >= 11 is 0. The van der Waals surface area contributed by atoms with Crippen molar-refractivity contribution in [3.63, 3.8) is 0 Å². The zero-order chi connectivity index (χ0) is 23.4. The van der Waals surface area contributed by atoms with Gasteiger partial charge in [0.05, 0.1) is 44.5 Å². The molecule has 9 nitrogen and oxygen atoms in total. The van der Waals surface area contributed by atoms with Gasteiger partial charge in [-0.15, -0.1) is 0 Å². The highest BCUT2D eigenvalue weighted by atomic mass is 16.5. The molecule has 4 heterocycles. The van der Waals surface area contributed by atoms with E-state index in [0.29, 0.717) is 42.2 Å². The van der Waals surface area contributed by atoms with E-state index in [1.807, 2.05) is 18.2 Å². The van der Waals surface area contributed by atoms with Gasteiger partial charge in [0.15, 0.2) is 0 Å². The Kier molecular flexibility index (Phi) is 5.18. The highest BCUT2D eigenvalue weighted by molar-refractivity contribution is 5.96. The van der Waals surface area contributed by atoms with E-state index < -0.39 is 5.97 Å². The second kappa shape index (κ2) is 8.25. The Hall–Kier alpha value is -3.17. The van der Waals surface area contributed by atoms with Gasteiger partial charge in [0.1, 0.15) is 17.1 Å². The number of fused-ring (bicyclic) bond motifs is 2. The van der Waals surface area contributed by atoms with Crippen LogP contribution in [0.2, 0.25) is 0 Å². The lowest BCUT2D eigenvalue weighted by Crippen LogP contribution is -2.33. The van der Waals surface area contributed by atoms with Gasteiger partial charge in [0.2, 0.25) is 5.88 Å². The SMILES string of the molecule is COC(=O)c1cc(OC)c2nc(CN3C[C@@H]4[C@H](C3)[C@H]4c3cccc(O)n3)n(C[C@@H]3CCO3)c2c1. The van der Waals surface area contributed by atoms with Crippen LogP contribution in [0.25, 0.3) is 11.0 Å². The molecule has 2 saturated heterocycles. The van der Waals surface area contributed by atoms with Crippen molar-refractivity contribution in [2.75, 3.05) is 33.9 Å². The van der Waals surface area contributed by atoms with E-state index in [2.05, 4.69) is 14.5 Å². The molecule has 3 fully saturated rings. The summed E-state index contributed by atoms with van der Waals surface area (Å²) in [6.45, 7) is 4.13. The van der Waals surface area contributed by atoms with Gasteiger partial charge in [0, 0.05) is 37.4 Å². The zero-order valence-electron chi connectivity index (χ0n) is 19.3. The number of carbonyl (C=O) groups excluding carboxylic acids is 1. The number of piperidine rings is 1. The molecule has 0 radical (unpaired) electrons. The van der Waals surface area contributed by atoms with E-state index in [4.69, 9.17) is 19.2 Å². The summed E-state index contributed by atoms with van der Waals surface area (Å²) in [6.07, 6.45) is 1.16. The Morgan fingerprint density at radius 3 is 2.65 bits per heavy atom. The summed E-state index contributed by atoms with van der Waals surface area (Å²) in [5.41, 5.74) is 3.04. The third-order valence-corrected chi connectivity index (χ3v) is 7.45. The number of methoxy groups -OCH3 is 2. The monoisotopic (exact) mass is 464 g/mol. The highest BCUT2D eigenvalue weighted by Crippen LogP contribution is 2.58. The summed E-state index contributed by atoms with van der Waals surface area (Å²) < 4.78 is 18.4. The molecule has 0 bridgehead atoms. The van der Waals surface area contributed by atoms with Crippen molar-refractivity contribution in [1.82, 2.24) is 19.4 Å². The number of pyridine rings is 1. The quantitative estimate of drug-likeness (QED) is 0.533. The maximum absolute atomic E-state index is 12.3. The lowest BCUT2D eigenvalue weighted by atomic mass is 10.1. The number of rotatable bonds is 7. The molecule has 0 unspecified atom stereocenters. The average Bonchev–Trinajstić information content (AvgIpc) is 3.13. The van der Waals surface area contributed by atoms with Gasteiger partial charge in [-0.05, 0) is 36.5 Å². The van der Waals surface area contributed by atoms with Crippen LogP contribution in [-0.2, 0) is 22.6 Å². The predicted molar refractivity (Wildman–Crippen MR) is 123 cm³/mol. The number of hydrogen-bond donors (Lipinski definition) is 1. The standard InChI is InChI=1S/C25H28N4O5/c1-32-20-9-14(25(31)33-2)8-19-24(20)27-21(29(19)10-15-6-7-34-15)13-28-11-16-17(12-28)23(16)18-4-3-5-22(30)26-18/h3-5,8-9,15-17,23H,6-7,10-13H2,1-2H3,(H,26,30)/t15-,16-,17+,23+/m0/s1. The summed E-state index contributed by atoms with van der Waals surface area (Å²) in [7, 11) is 2.97. The van der Waals surface area contributed by atoms with E-state index in [-0.39, 0.29) is 12.0 Å². The Labute approximate surface area is 197 Å². The molecule has 4 atom stereocenters. The van der Waals surface area contributed by atoms with Crippen LogP contribution in [0.5, 0.6) is 11.6 Å². The molecule has 0 spiro atoms. The molecule has 2 aliphatic heterocycles. The molecule has 1 saturated carbocycles. The number of aromatic nitrogens is 3. The van der Waals surface area contributed by atoms with Gasteiger partial charge in [-0.1, -0.05) is 6.07 Å². The largest absolute Gasteiger partial charge is 0.494 e. The maximum atomic E-state index is 12.3. The van der Waals surface area contributed by atoms with E-state index in [9.17, 15) is 9.90 Å². The molecule has 3 aromatic rings. The molecule has 1 aliphatic carbocycles. The van der Waals surface area contributed by atoms with Gasteiger partial charge in [-0.25, -0.2) is 14.8 Å². The third-order valence-electron chi connectivity index (χ3n) is 7.45. The minimum absolute atomic E-state index is 0.0894. The maximum Gasteiger partial charge on any atom is 0.338 e. The van der Waals surface area contributed by atoms with Gasteiger partial charge >= 0.3 is 5.97 Å². The topological polar surface area (TPSA) is 98.9 Å². The summed E-state index contributed by atoms with van der Waals surface area (Å²) in [5.74, 6) is 2.73. The van der Waals surface area contributed by atoms with E-state index in [1.54, 1.807) is 19.2 Å². The van der Waals surface area contributed by atoms with Gasteiger partial charge < -0.3 is 23.9 Å². The molecular formula is C25H28N4O5. The number of aromatic hydroxyl groups is 1. The lowest BCUT2D eigenvalue weighted by molar-refractivity contribution is -0.0591. The van der Waals surface area contributed by atoms with Crippen LogP contribution in [0, 0.1) is 11.8 Å². The van der Waals surface area contributed by atoms with Crippen LogP contribution >= 0.6 is 0 Å². The molecule has 0 amide bonds. The van der Waals surface area contributed by atoms with Crippen molar-refractivity contribution in [3.8, 4) is 11.6 Å². The van der Waals surface area contributed by atoms with E-state index >= 15 is 0 Å². The van der Waals surface area contributed by atoms with Gasteiger partial charge in [-0.2, -0.15) is 0 Å². The minimum atomic E-state index is -0.402. The molecule has 6 rings (SSSR count). The number of likely N-dealkylation sites (tertiary alicyclic amines) is 1. The number of carbonyl (C=O) groups is 1. The Bertz CT molecular complexity index is 1240. The highest BCUT2D eigenvalue weighted by Gasteiger charge is 2.56. The van der Waals surface area contributed by atoms with Crippen LogP contribution < -0.4 is 4.74 Å². The Morgan fingerprint density at radius 2 is 2.00 bits per heavy atom. The van der Waals surface area contributed by atoms with Crippen molar-refractivity contribution in [2.24, 2.45) is 11.8 Å². The molecule has 1 N–H and O–H groups in total. The smallest absolute Gasteiger partial charge is 0.338 e. The average molecular weight is 465 g/mol. The predicted octanol–water partition coefficient (Wildman–Crippen LogP) is 2.57. The van der Waals surface area contributed by atoms with Crippen molar-refractivity contribution in [2.45, 2.75) is 31.5 Å². The fourth-order valence-corrected chi connectivity index (χ4v) is 5.59. The normalized spacial score (nSPS) is 25.7. The summed E-state index contributed by atoms with van der Waals surface area (Å²) in [5, 5.41) is 9.73. The minimum Gasteiger partial charge on any atom is -0.494 e. The van der Waals surface area contributed by atoms with Crippen molar-refractivity contribution < 1.29 is 24.1 Å². The van der Waals surface area contributed by atoms with Gasteiger partial charge in [0.25, 0.3) is 0 Å². The summed E-state index contributed by atoms with van der Waals surface area (Å²) in [6, 6.07) is 9.02. The van der Waals surface area contributed by atoms with Gasteiger partial charge in [-0.3, -0.25) is 4.90 Å². The number of hydrogen-bond acceptors (Lipinski definition) is 8. The van der Waals surface area contributed by atoms with Crippen LogP contribution in [0.15, 0.2) is 30.3 Å². The fourth-order valence-electron chi connectivity index (χ4n) is 5.59. The van der Waals surface area contributed by atoms with Crippen molar-refractivity contribution in [3.05, 3.63) is 47.4 Å². The van der Waals surface area contributed by atoms with Crippen LogP contribution in [0.3, 0.4) is 0 Å². The Morgan fingerprint density at radius 1 is 1.21 bits per heavy atom. The molecule has 1 aromatic carbocycles. The van der Waals surface area contributed by atoms with E-state index in [0.717, 1.165) is 48.7 Å². The first kappa shape index (κ1) is 21.4. The van der Waals surface area contributed by atoms with Crippen LogP contribution in [0.1, 0.15) is 34.2 Å². The molecular weight excluding hydrogens is 436 g/mol. The molecule has 9 heteroatoms. The molecule has 34 heavy (non-hydrogen) atoms. The lowest BCUT2D eigenvalue weighted by Gasteiger charge is -2.28. The molecule has 3 aliphatic rings. The first-order valence-electron chi connectivity index (χ1n) is 11.7. The van der Waals surface area contributed by atoms with Crippen molar-refractivity contribution in [1.29, 1.82) is 0 Å². The second-order valence-corrected chi connectivity index (χ2v) is 9.43. The zero-order valence-corrected chi connectivity index (χ0v) is 19.3. The fraction of sp³-hybridized carbons (Fsp3) is 0.480. The number of ether oxygens (including phenoxy) is 3. The Balaban J connectivity index is 1.27. The third kappa shape index (κ3) is 3.59. The summed E-state index contributed by atoms with van der Waals surface area (Å²) in [4.78, 5) is 24.0. The first-order chi connectivity index (χ1) is 16.6. The van der Waals surface area contributed by atoms with Crippen LogP contribution in [0.4, 0.5) is 0 Å². The number of imidazole rings is 1. The first-order valence-corrected chi connectivity index (χ1v) is 11.7. The number of nitrogens with zero attached hydrogens (tertiary/aromatic N) is 4. The number of esters is 1. The van der Waals surface area contributed by atoms with Crippen LogP contribution in [-0.4, -0.2) is 70.5 Å². The number of benzene rings is 1.